The summed E-state index contributed by atoms with van der Waals surface area (Å²) in [7, 11) is 0. The minimum Gasteiger partial charge on any atom is -0.477 e. The van der Waals surface area contributed by atoms with Gasteiger partial charge in [-0.25, -0.2) is 13.6 Å². The van der Waals surface area contributed by atoms with E-state index in [1.54, 1.807) is 4.90 Å². The van der Waals surface area contributed by atoms with Crippen molar-refractivity contribution in [3.8, 4) is 0 Å². The maximum atomic E-state index is 15.4. The summed E-state index contributed by atoms with van der Waals surface area (Å²) in [6.45, 7) is 1.95. The van der Waals surface area contributed by atoms with Crippen LogP contribution in [0.5, 0.6) is 0 Å². The molecule has 2 heterocycles. The van der Waals surface area contributed by atoms with Gasteiger partial charge in [0.2, 0.25) is 5.43 Å². The van der Waals surface area contributed by atoms with Gasteiger partial charge < -0.3 is 25.6 Å². The van der Waals surface area contributed by atoms with Crippen molar-refractivity contribution < 1.29 is 18.7 Å². The first kappa shape index (κ1) is 16.8. The Morgan fingerprint density at radius 2 is 1.88 bits per heavy atom. The number of hydrogen-bond donors (Lipinski definition) is 3. The summed E-state index contributed by atoms with van der Waals surface area (Å²) in [5.41, 5.74) is 3.49. The molecule has 2 fully saturated rings. The molecule has 1 saturated carbocycles. The summed E-state index contributed by atoms with van der Waals surface area (Å²) in [5.74, 6) is -3.33. The number of nitrogen functional groups attached to an aromatic ring is 1. The van der Waals surface area contributed by atoms with Crippen LogP contribution in [0, 0.1) is 11.6 Å². The Labute approximate surface area is 147 Å². The zero-order chi connectivity index (χ0) is 18.6. The summed E-state index contributed by atoms with van der Waals surface area (Å²) in [5, 5.41) is 12.0. The zero-order valence-electron chi connectivity index (χ0n) is 13.9. The number of nitrogens with two attached hydrogens (primary N) is 1. The maximum absolute atomic E-state index is 15.4. The number of piperazine rings is 1. The molecule has 0 bridgehead atoms. The maximum Gasteiger partial charge on any atom is 0.341 e. The van der Waals surface area contributed by atoms with Crippen molar-refractivity contribution in [2.45, 2.75) is 18.9 Å². The molecule has 1 aliphatic heterocycles. The fraction of sp³-hybridized carbons (Fsp3) is 0.412. The van der Waals surface area contributed by atoms with Crippen LogP contribution in [0.15, 0.2) is 11.0 Å². The van der Waals surface area contributed by atoms with E-state index < -0.39 is 39.7 Å². The van der Waals surface area contributed by atoms with Crippen molar-refractivity contribution in [2.24, 2.45) is 0 Å². The van der Waals surface area contributed by atoms with E-state index in [2.05, 4.69) is 5.32 Å². The molecule has 0 radical (unpaired) electrons. The lowest BCUT2D eigenvalue weighted by atomic mass is 10.1. The van der Waals surface area contributed by atoms with Crippen molar-refractivity contribution in [3.63, 3.8) is 0 Å². The molecule has 1 aromatic carbocycles. The van der Waals surface area contributed by atoms with Crippen molar-refractivity contribution in [3.05, 3.63) is 33.6 Å². The molecular formula is C17H18F2N4O3. The summed E-state index contributed by atoms with van der Waals surface area (Å²) < 4.78 is 31.7. The van der Waals surface area contributed by atoms with Gasteiger partial charge in [-0.05, 0) is 12.8 Å². The molecule has 1 saturated heterocycles. The lowest BCUT2D eigenvalue weighted by Gasteiger charge is -2.31. The summed E-state index contributed by atoms with van der Waals surface area (Å²) in [6.07, 6.45) is 2.61. The molecule has 0 amide bonds. The molecule has 0 atom stereocenters. The largest absolute Gasteiger partial charge is 0.477 e. The smallest absolute Gasteiger partial charge is 0.341 e. The number of hydrogen-bond acceptors (Lipinski definition) is 5. The third-order valence-electron chi connectivity index (χ3n) is 4.97. The monoisotopic (exact) mass is 364 g/mol. The van der Waals surface area contributed by atoms with E-state index in [9.17, 15) is 19.1 Å². The molecule has 0 unspecified atom stereocenters. The Morgan fingerprint density at radius 3 is 2.46 bits per heavy atom. The van der Waals surface area contributed by atoms with Crippen LogP contribution in [0.4, 0.5) is 20.2 Å². The number of nitrogens with one attached hydrogen (secondary N) is 1. The topological polar surface area (TPSA) is 101 Å². The van der Waals surface area contributed by atoms with Gasteiger partial charge >= 0.3 is 5.97 Å². The van der Waals surface area contributed by atoms with Crippen molar-refractivity contribution in [1.29, 1.82) is 0 Å². The Morgan fingerprint density at radius 1 is 1.23 bits per heavy atom. The molecule has 7 nitrogen and oxygen atoms in total. The number of anilines is 2. The van der Waals surface area contributed by atoms with Crippen molar-refractivity contribution >= 4 is 28.2 Å². The van der Waals surface area contributed by atoms with Crippen LogP contribution in [-0.2, 0) is 0 Å². The standard InChI is InChI=1S/C17H18F2N4O3/c18-11-13(20)10-14(12(19)15(11)22-5-3-21-4-6-22)23(8-1-2-8)7-9(16(10)24)17(25)26/h7-8,21H,1-6,20H2,(H,25,26). The second-order valence-corrected chi connectivity index (χ2v) is 6.67. The highest BCUT2D eigenvalue weighted by Gasteiger charge is 2.33. The molecule has 26 heavy (non-hydrogen) atoms. The van der Waals surface area contributed by atoms with Gasteiger partial charge in [0.1, 0.15) is 11.3 Å². The Bertz CT molecular complexity index is 979. The fourth-order valence-corrected chi connectivity index (χ4v) is 3.51. The minimum absolute atomic E-state index is 0.116. The van der Waals surface area contributed by atoms with Crippen LogP contribution >= 0.6 is 0 Å². The second-order valence-electron chi connectivity index (χ2n) is 6.67. The second kappa shape index (κ2) is 5.94. The highest BCUT2D eigenvalue weighted by molar-refractivity contribution is 5.99. The fourth-order valence-electron chi connectivity index (χ4n) is 3.51. The predicted molar refractivity (Wildman–Crippen MR) is 92.8 cm³/mol. The summed E-state index contributed by atoms with van der Waals surface area (Å²) >= 11 is 0. The number of pyridine rings is 1. The average Bonchev–Trinajstić information content (AvgIpc) is 3.45. The first-order valence-corrected chi connectivity index (χ1v) is 8.46. The third-order valence-corrected chi connectivity index (χ3v) is 4.97. The van der Waals surface area contributed by atoms with E-state index in [4.69, 9.17) is 5.73 Å². The van der Waals surface area contributed by atoms with Gasteiger partial charge in [-0.1, -0.05) is 0 Å². The summed E-state index contributed by atoms with van der Waals surface area (Å²) in [4.78, 5) is 25.5. The molecule has 2 aromatic rings. The lowest BCUT2D eigenvalue weighted by Crippen LogP contribution is -2.44. The number of aromatic nitrogens is 1. The van der Waals surface area contributed by atoms with E-state index in [0.717, 1.165) is 19.0 Å². The van der Waals surface area contributed by atoms with Gasteiger partial charge in [-0.15, -0.1) is 0 Å². The van der Waals surface area contributed by atoms with Crippen LogP contribution < -0.4 is 21.4 Å². The Hall–Kier alpha value is -2.68. The average molecular weight is 364 g/mol. The number of carboxylic acids is 1. The van der Waals surface area contributed by atoms with Gasteiger partial charge in [-0.3, -0.25) is 4.79 Å². The highest BCUT2D eigenvalue weighted by atomic mass is 19.1. The van der Waals surface area contributed by atoms with Gasteiger partial charge in [0.05, 0.1) is 16.6 Å². The molecule has 1 aliphatic carbocycles. The quantitative estimate of drug-likeness (QED) is 0.710. The van der Waals surface area contributed by atoms with Crippen LogP contribution in [0.3, 0.4) is 0 Å². The molecule has 0 spiro atoms. The number of benzene rings is 1. The Balaban J connectivity index is 2.09. The normalized spacial score (nSPS) is 17.7. The predicted octanol–water partition coefficient (Wildman–Crippen LogP) is 1.30. The molecule has 1 aromatic heterocycles. The molecular weight excluding hydrogens is 346 g/mol. The number of nitrogens with zero attached hydrogens (tertiary/aromatic N) is 2. The van der Waals surface area contributed by atoms with Crippen molar-refractivity contribution in [2.75, 3.05) is 36.8 Å². The van der Waals surface area contributed by atoms with Gasteiger partial charge in [0.25, 0.3) is 0 Å². The number of rotatable bonds is 3. The molecule has 138 valence electrons. The molecule has 4 rings (SSSR count). The first-order chi connectivity index (χ1) is 12.4. The number of halogens is 2. The number of aromatic carboxylic acids is 1. The van der Waals surface area contributed by atoms with Gasteiger partial charge in [-0.2, -0.15) is 0 Å². The number of carbonyl (C=O) groups is 1. The Kier molecular flexibility index (Phi) is 3.83. The van der Waals surface area contributed by atoms with Gasteiger partial charge in [0, 0.05) is 38.4 Å². The molecule has 9 heteroatoms. The van der Waals surface area contributed by atoms with E-state index in [-0.39, 0.29) is 17.2 Å². The van der Waals surface area contributed by atoms with Crippen molar-refractivity contribution in [1.82, 2.24) is 9.88 Å². The van der Waals surface area contributed by atoms with Crippen LogP contribution in [-0.4, -0.2) is 41.8 Å². The lowest BCUT2D eigenvalue weighted by molar-refractivity contribution is 0.0695. The SMILES string of the molecule is Nc1c(F)c(N2CCNCC2)c(F)c2c1c(=O)c(C(=O)O)cn2C1CC1. The molecule has 4 N–H and O–H groups in total. The van der Waals surface area contributed by atoms with E-state index in [0.29, 0.717) is 26.2 Å². The summed E-state index contributed by atoms with van der Waals surface area (Å²) in [6, 6.07) is -0.119. The van der Waals surface area contributed by atoms with Crippen LogP contribution in [0.2, 0.25) is 0 Å². The van der Waals surface area contributed by atoms with Crippen LogP contribution in [0.25, 0.3) is 10.9 Å². The zero-order valence-corrected chi connectivity index (χ0v) is 13.9. The van der Waals surface area contributed by atoms with Gasteiger partial charge in [0.15, 0.2) is 11.6 Å². The first-order valence-electron chi connectivity index (χ1n) is 8.46. The number of carboxylic acid groups (broad SMARTS) is 1. The van der Waals surface area contributed by atoms with E-state index in [1.807, 2.05) is 0 Å². The van der Waals surface area contributed by atoms with E-state index in [1.165, 1.54) is 4.57 Å². The third kappa shape index (κ3) is 2.42. The minimum atomic E-state index is -1.45. The highest BCUT2D eigenvalue weighted by Crippen LogP contribution is 2.41. The van der Waals surface area contributed by atoms with E-state index >= 15 is 4.39 Å². The number of fused-ring (bicyclic) bond motifs is 1. The molecule has 2 aliphatic rings. The van der Waals surface area contributed by atoms with Crippen LogP contribution in [0.1, 0.15) is 29.2 Å².